The lowest BCUT2D eigenvalue weighted by Crippen LogP contribution is -2.24. The van der Waals surface area contributed by atoms with E-state index in [1.165, 1.54) is 0 Å². The predicted molar refractivity (Wildman–Crippen MR) is 78.7 cm³/mol. The molecule has 0 aliphatic carbocycles. The van der Waals surface area contributed by atoms with Gasteiger partial charge in [-0.25, -0.2) is 0 Å². The number of hydrogen-bond acceptors (Lipinski definition) is 2. The molecule has 1 aromatic carbocycles. The molecule has 2 heterocycles. The van der Waals surface area contributed by atoms with E-state index in [9.17, 15) is 9.59 Å². The smallest absolute Gasteiger partial charge is 0.258 e. The van der Waals surface area contributed by atoms with Crippen LogP contribution >= 0.6 is 0 Å². The Bertz CT molecular complexity index is 718. The number of rotatable bonds is 3. The lowest BCUT2D eigenvalue weighted by atomic mass is 10.0. The highest BCUT2D eigenvalue weighted by molar-refractivity contribution is 5.84. The van der Waals surface area contributed by atoms with Gasteiger partial charge in [0.05, 0.1) is 0 Å². The first-order chi connectivity index (χ1) is 9.66. The molecular weight excluding hydrogens is 252 g/mol. The van der Waals surface area contributed by atoms with Gasteiger partial charge in [0.2, 0.25) is 5.91 Å². The van der Waals surface area contributed by atoms with Crippen LogP contribution in [-0.2, 0) is 11.3 Å². The van der Waals surface area contributed by atoms with Gasteiger partial charge in [0.25, 0.3) is 5.56 Å². The molecule has 3 rings (SSSR count). The van der Waals surface area contributed by atoms with Crippen molar-refractivity contribution >= 4 is 16.7 Å². The fraction of sp³-hybridized carbons (Fsp3) is 0.375. The summed E-state index contributed by atoms with van der Waals surface area (Å²) < 4.78 is 1.72. The Kier molecular flexibility index (Phi) is 3.30. The van der Waals surface area contributed by atoms with E-state index in [0.29, 0.717) is 6.54 Å². The molecule has 1 atom stereocenters. The second-order valence-electron chi connectivity index (χ2n) is 5.42. The van der Waals surface area contributed by atoms with Crippen LogP contribution in [0.5, 0.6) is 0 Å². The minimum atomic E-state index is 0.0320. The van der Waals surface area contributed by atoms with Crippen LogP contribution < -0.4 is 10.9 Å². The molecule has 4 nitrogen and oxygen atoms in total. The maximum atomic E-state index is 12.4. The van der Waals surface area contributed by atoms with Gasteiger partial charge in [-0.1, -0.05) is 12.1 Å². The van der Waals surface area contributed by atoms with Crippen LogP contribution in [0, 0.1) is 12.8 Å². The van der Waals surface area contributed by atoms with E-state index in [1.54, 1.807) is 4.57 Å². The Labute approximate surface area is 117 Å². The summed E-state index contributed by atoms with van der Waals surface area (Å²) in [5.41, 5.74) is 1.14. The van der Waals surface area contributed by atoms with Crippen LogP contribution in [-0.4, -0.2) is 17.0 Å². The van der Waals surface area contributed by atoms with Crippen molar-refractivity contribution in [2.75, 3.05) is 6.54 Å². The molecule has 1 amide bonds. The molecule has 0 unspecified atom stereocenters. The SMILES string of the molecule is Cc1cccc2c(=O)n(CC[C@H]3CCNC3=O)ccc12. The summed E-state index contributed by atoms with van der Waals surface area (Å²) in [5.74, 6) is 0.171. The maximum absolute atomic E-state index is 12.4. The van der Waals surface area contributed by atoms with Gasteiger partial charge in [-0.2, -0.15) is 0 Å². The standard InChI is InChI=1S/C16H18N2O2/c1-11-3-2-4-14-13(11)7-10-18(16(14)20)9-6-12-5-8-17-15(12)19/h2-4,7,10,12H,5-6,8-9H2,1H3,(H,17,19)/t12-/m1/s1. The fourth-order valence-electron chi connectivity index (χ4n) is 2.87. The van der Waals surface area contributed by atoms with Crippen molar-refractivity contribution in [1.29, 1.82) is 0 Å². The first-order valence-corrected chi connectivity index (χ1v) is 7.03. The van der Waals surface area contributed by atoms with Crippen molar-refractivity contribution in [3.05, 3.63) is 46.4 Å². The van der Waals surface area contributed by atoms with Gasteiger partial charge in [-0.05, 0) is 42.8 Å². The highest BCUT2D eigenvalue weighted by atomic mass is 16.2. The number of amides is 1. The topological polar surface area (TPSA) is 51.1 Å². The van der Waals surface area contributed by atoms with Gasteiger partial charge in [0.15, 0.2) is 0 Å². The van der Waals surface area contributed by atoms with Crippen LogP contribution in [0.15, 0.2) is 35.3 Å². The highest BCUT2D eigenvalue weighted by Gasteiger charge is 2.23. The fourth-order valence-corrected chi connectivity index (χ4v) is 2.87. The number of pyridine rings is 1. The summed E-state index contributed by atoms with van der Waals surface area (Å²) in [6, 6.07) is 7.77. The molecule has 0 bridgehead atoms. The predicted octanol–water partition coefficient (Wildman–Crippen LogP) is 1.84. The molecule has 1 N–H and O–H groups in total. The quantitative estimate of drug-likeness (QED) is 0.925. The Balaban J connectivity index is 1.87. The maximum Gasteiger partial charge on any atom is 0.258 e. The third-order valence-electron chi connectivity index (χ3n) is 4.12. The summed E-state index contributed by atoms with van der Waals surface area (Å²) in [6.07, 6.45) is 3.44. The molecular formula is C16H18N2O2. The van der Waals surface area contributed by atoms with E-state index in [4.69, 9.17) is 0 Å². The number of aryl methyl sites for hydroxylation is 2. The van der Waals surface area contributed by atoms with E-state index in [2.05, 4.69) is 5.32 Å². The zero-order chi connectivity index (χ0) is 14.1. The summed E-state index contributed by atoms with van der Waals surface area (Å²) in [7, 11) is 0. The van der Waals surface area contributed by atoms with Crippen molar-refractivity contribution in [3.63, 3.8) is 0 Å². The van der Waals surface area contributed by atoms with Crippen LogP contribution in [0.1, 0.15) is 18.4 Å². The molecule has 1 aromatic heterocycles. The highest BCUT2D eigenvalue weighted by Crippen LogP contribution is 2.16. The third kappa shape index (κ3) is 2.22. The first-order valence-electron chi connectivity index (χ1n) is 7.03. The molecule has 0 spiro atoms. The molecule has 20 heavy (non-hydrogen) atoms. The Morgan fingerprint density at radius 2 is 2.10 bits per heavy atom. The Morgan fingerprint density at radius 3 is 2.85 bits per heavy atom. The normalized spacial score (nSPS) is 18.4. The Hall–Kier alpha value is -2.10. The number of aromatic nitrogens is 1. The summed E-state index contributed by atoms with van der Waals surface area (Å²) in [5, 5.41) is 4.59. The largest absolute Gasteiger partial charge is 0.356 e. The van der Waals surface area contributed by atoms with Gasteiger partial charge in [-0.15, -0.1) is 0 Å². The minimum Gasteiger partial charge on any atom is -0.356 e. The number of nitrogens with one attached hydrogen (secondary N) is 1. The van der Waals surface area contributed by atoms with Gasteiger partial charge in [0, 0.05) is 30.6 Å². The van der Waals surface area contributed by atoms with Gasteiger partial charge in [0.1, 0.15) is 0 Å². The van der Waals surface area contributed by atoms with E-state index in [1.807, 2.05) is 37.4 Å². The molecule has 104 valence electrons. The molecule has 2 aromatic rings. The first kappa shape index (κ1) is 12.9. The summed E-state index contributed by atoms with van der Waals surface area (Å²) in [4.78, 5) is 24.0. The van der Waals surface area contributed by atoms with Crippen LogP contribution in [0.25, 0.3) is 10.8 Å². The zero-order valence-corrected chi connectivity index (χ0v) is 11.6. The van der Waals surface area contributed by atoms with Crippen LogP contribution in [0.3, 0.4) is 0 Å². The molecule has 1 aliphatic heterocycles. The average Bonchev–Trinajstić information content (AvgIpc) is 2.84. The molecule has 0 radical (unpaired) electrons. The van der Waals surface area contributed by atoms with Crippen molar-refractivity contribution in [3.8, 4) is 0 Å². The van der Waals surface area contributed by atoms with Gasteiger partial charge in [-0.3, -0.25) is 9.59 Å². The van der Waals surface area contributed by atoms with E-state index >= 15 is 0 Å². The number of fused-ring (bicyclic) bond motifs is 1. The van der Waals surface area contributed by atoms with E-state index in [-0.39, 0.29) is 17.4 Å². The molecule has 1 aliphatic rings. The molecule has 0 saturated carbocycles. The number of nitrogens with zero attached hydrogens (tertiary/aromatic N) is 1. The van der Waals surface area contributed by atoms with Crippen molar-refractivity contribution in [1.82, 2.24) is 9.88 Å². The third-order valence-corrected chi connectivity index (χ3v) is 4.12. The monoisotopic (exact) mass is 270 g/mol. The second kappa shape index (κ2) is 5.12. The molecule has 4 heteroatoms. The number of carbonyl (C=O) groups excluding carboxylic acids is 1. The number of hydrogen-bond donors (Lipinski definition) is 1. The van der Waals surface area contributed by atoms with E-state index < -0.39 is 0 Å². The van der Waals surface area contributed by atoms with Crippen LogP contribution in [0.4, 0.5) is 0 Å². The lowest BCUT2D eigenvalue weighted by Gasteiger charge is -2.10. The summed E-state index contributed by atoms with van der Waals surface area (Å²) in [6.45, 7) is 3.37. The van der Waals surface area contributed by atoms with Crippen molar-refractivity contribution < 1.29 is 4.79 Å². The average molecular weight is 270 g/mol. The Morgan fingerprint density at radius 1 is 1.25 bits per heavy atom. The van der Waals surface area contributed by atoms with E-state index in [0.717, 1.165) is 35.7 Å². The molecule has 1 fully saturated rings. The van der Waals surface area contributed by atoms with Crippen molar-refractivity contribution in [2.45, 2.75) is 26.3 Å². The van der Waals surface area contributed by atoms with Crippen LogP contribution in [0.2, 0.25) is 0 Å². The molecule has 1 saturated heterocycles. The van der Waals surface area contributed by atoms with Crippen molar-refractivity contribution in [2.24, 2.45) is 5.92 Å². The minimum absolute atomic E-state index is 0.0320. The zero-order valence-electron chi connectivity index (χ0n) is 11.6. The van der Waals surface area contributed by atoms with Gasteiger partial charge < -0.3 is 9.88 Å². The number of benzene rings is 1. The summed E-state index contributed by atoms with van der Waals surface area (Å²) >= 11 is 0. The number of carbonyl (C=O) groups is 1. The van der Waals surface area contributed by atoms with Gasteiger partial charge >= 0.3 is 0 Å². The second-order valence-corrected chi connectivity index (χ2v) is 5.42. The lowest BCUT2D eigenvalue weighted by molar-refractivity contribution is -0.122.